The van der Waals surface area contributed by atoms with Gasteiger partial charge in [-0.25, -0.2) is 8.42 Å². The first-order valence-corrected chi connectivity index (χ1v) is 8.22. The summed E-state index contributed by atoms with van der Waals surface area (Å²) in [5.41, 5.74) is 0.553. The third-order valence-electron chi connectivity index (χ3n) is 3.37. The molecular weight excluding hydrogens is 286 g/mol. The van der Waals surface area contributed by atoms with Crippen LogP contribution in [0.25, 0.3) is 0 Å². The fraction of sp³-hybridized carbons (Fsp3) is 0.462. The van der Waals surface area contributed by atoms with Crippen LogP contribution in [0.4, 0.5) is 0 Å². The van der Waals surface area contributed by atoms with Crippen LogP contribution in [-0.2, 0) is 9.05 Å². The van der Waals surface area contributed by atoms with Crippen molar-refractivity contribution in [2.24, 2.45) is 5.41 Å². The molecule has 19 heavy (non-hydrogen) atoms. The predicted octanol–water partition coefficient (Wildman–Crippen LogP) is 3.00. The van der Waals surface area contributed by atoms with Crippen LogP contribution in [-0.4, -0.2) is 15.0 Å². The van der Waals surface area contributed by atoms with Gasteiger partial charge in [-0.05, 0) is 43.5 Å². The van der Waals surface area contributed by atoms with Crippen LogP contribution in [0.15, 0.2) is 23.1 Å². The molecule has 0 atom stereocenters. The van der Waals surface area contributed by atoms with Crippen LogP contribution >= 0.6 is 10.7 Å². The summed E-state index contributed by atoms with van der Waals surface area (Å²) in [6.07, 6.45) is 2.52. The van der Waals surface area contributed by atoms with E-state index >= 15 is 0 Å². The fourth-order valence-corrected chi connectivity index (χ4v) is 3.13. The molecule has 102 valence electrons. The molecule has 1 fully saturated rings. The molecule has 1 aliphatic carbocycles. The SMILES string of the molecule is Cc1cc(OCC2(CC#N)CC2)ccc1S(=O)(=O)Cl. The van der Waals surface area contributed by atoms with Gasteiger partial charge in [0.25, 0.3) is 9.05 Å². The van der Waals surface area contributed by atoms with Crippen molar-refractivity contribution in [3.05, 3.63) is 23.8 Å². The smallest absolute Gasteiger partial charge is 0.261 e. The molecule has 2 rings (SSSR count). The van der Waals surface area contributed by atoms with Crippen molar-refractivity contribution in [2.75, 3.05) is 6.61 Å². The van der Waals surface area contributed by atoms with E-state index in [9.17, 15) is 8.42 Å². The second kappa shape index (κ2) is 5.03. The molecule has 1 aliphatic rings. The summed E-state index contributed by atoms with van der Waals surface area (Å²) < 4.78 is 28.2. The minimum absolute atomic E-state index is 0.000112. The van der Waals surface area contributed by atoms with Gasteiger partial charge in [-0.2, -0.15) is 5.26 Å². The maximum Gasteiger partial charge on any atom is 0.261 e. The van der Waals surface area contributed by atoms with Gasteiger partial charge in [0.05, 0.1) is 17.6 Å². The van der Waals surface area contributed by atoms with Crippen molar-refractivity contribution in [1.29, 1.82) is 5.26 Å². The molecule has 0 heterocycles. The van der Waals surface area contributed by atoms with Gasteiger partial charge in [-0.15, -0.1) is 0 Å². The minimum atomic E-state index is -3.72. The lowest BCUT2D eigenvalue weighted by molar-refractivity contribution is 0.236. The number of nitrogens with zero attached hydrogens (tertiary/aromatic N) is 1. The zero-order chi connectivity index (χ0) is 14.1. The Morgan fingerprint density at radius 2 is 2.16 bits per heavy atom. The van der Waals surface area contributed by atoms with Gasteiger partial charge in [0.2, 0.25) is 0 Å². The number of hydrogen-bond acceptors (Lipinski definition) is 4. The van der Waals surface area contributed by atoms with Gasteiger partial charge in [0.15, 0.2) is 0 Å². The summed E-state index contributed by atoms with van der Waals surface area (Å²) in [4.78, 5) is 0.0969. The number of rotatable bonds is 5. The van der Waals surface area contributed by atoms with Crippen molar-refractivity contribution in [3.8, 4) is 11.8 Å². The Hall–Kier alpha value is -1.25. The summed E-state index contributed by atoms with van der Waals surface area (Å²) in [6.45, 7) is 2.16. The number of benzene rings is 1. The lowest BCUT2D eigenvalue weighted by Gasteiger charge is -2.13. The maximum absolute atomic E-state index is 11.3. The average Bonchev–Trinajstić information content (AvgIpc) is 3.06. The molecule has 0 saturated heterocycles. The molecule has 1 saturated carbocycles. The first-order chi connectivity index (χ1) is 8.86. The Balaban J connectivity index is 2.08. The Kier molecular flexibility index (Phi) is 3.75. The second-order valence-electron chi connectivity index (χ2n) is 4.99. The normalized spacial score (nSPS) is 16.7. The first-order valence-electron chi connectivity index (χ1n) is 5.91. The molecule has 0 unspecified atom stereocenters. The van der Waals surface area contributed by atoms with Crippen molar-refractivity contribution in [1.82, 2.24) is 0 Å². The van der Waals surface area contributed by atoms with Crippen molar-refractivity contribution < 1.29 is 13.2 Å². The van der Waals surface area contributed by atoms with Crippen LogP contribution in [0.1, 0.15) is 24.8 Å². The molecular formula is C13H14ClNO3S. The van der Waals surface area contributed by atoms with Gasteiger partial charge in [-0.3, -0.25) is 0 Å². The summed E-state index contributed by atoms with van der Waals surface area (Å²) >= 11 is 0. The van der Waals surface area contributed by atoms with Crippen molar-refractivity contribution >= 4 is 19.7 Å². The Labute approximate surface area is 117 Å². The van der Waals surface area contributed by atoms with E-state index in [4.69, 9.17) is 20.7 Å². The van der Waals surface area contributed by atoms with Gasteiger partial charge in [0, 0.05) is 22.5 Å². The van der Waals surface area contributed by atoms with E-state index in [2.05, 4.69) is 6.07 Å². The first kappa shape index (κ1) is 14.2. The van der Waals surface area contributed by atoms with Gasteiger partial charge < -0.3 is 4.74 Å². The van der Waals surface area contributed by atoms with Crippen LogP contribution in [0.3, 0.4) is 0 Å². The topological polar surface area (TPSA) is 67.2 Å². The summed E-state index contributed by atoms with van der Waals surface area (Å²) in [7, 11) is 1.60. The lowest BCUT2D eigenvalue weighted by atomic mass is 10.1. The molecule has 0 amide bonds. The highest BCUT2D eigenvalue weighted by atomic mass is 35.7. The van der Waals surface area contributed by atoms with Gasteiger partial charge in [-0.1, -0.05) is 0 Å². The average molecular weight is 300 g/mol. The van der Waals surface area contributed by atoms with Crippen molar-refractivity contribution in [3.63, 3.8) is 0 Å². The molecule has 0 spiro atoms. The van der Waals surface area contributed by atoms with Crippen LogP contribution in [0.2, 0.25) is 0 Å². The highest BCUT2D eigenvalue weighted by Gasteiger charge is 2.43. The third kappa shape index (κ3) is 3.40. The molecule has 6 heteroatoms. The molecule has 1 aromatic carbocycles. The molecule has 0 aliphatic heterocycles. The highest BCUT2D eigenvalue weighted by Crippen LogP contribution is 2.48. The van der Waals surface area contributed by atoms with E-state index in [0.29, 0.717) is 24.3 Å². The lowest BCUT2D eigenvalue weighted by Crippen LogP contribution is -2.12. The predicted molar refractivity (Wildman–Crippen MR) is 71.6 cm³/mol. The van der Waals surface area contributed by atoms with E-state index in [1.165, 1.54) is 6.07 Å². The van der Waals surface area contributed by atoms with E-state index in [-0.39, 0.29) is 10.3 Å². The number of ether oxygens (including phenoxy) is 1. The van der Waals surface area contributed by atoms with E-state index in [1.54, 1.807) is 19.1 Å². The van der Waals surface area contributed by atoms with Gasteiger partial charge in [0.1, 0.15) is 5.75 Å². The molecule has 4 nitrogen and oxygen atoms in total. The maximum atomic E-state index is 11.3. The van der Waals surface area contributed by atoms with E-state index in [0.717, 1.165) is 12.8 Å². The number of aryl methyl sites for hydroxylation is 1. The summed E-state index contributed by atoms with van der Waals surface area (Å²) in [5, 5.41) is 8.72. The van der Waals surface area contributed by atoms with Crippen molar-refractivity contribution in [2.45, 2.75) is 31.1 Å². The fourth-order valence-electron chi connectivity index (χ4n) is 1.94. The Bertz CT molecular complexity index is 630. The standard InChI is InChI=1S/C13H14ClNO3S/c1-10-8-11(2-3-12(10)19(14,16)17)18-9-13(4-5-13)6-7-15/h2-3,8H,4-6,9H2,1H3. The number of hydrogen-bond donors (Lipinski definition) is 0. The van der Waals surface area contributed by atoms with Crippen LogP contribution < -0.4 is 4.74 Å². The monoisotopic (exact) mass is 299 g/mol. The number of nitriles is 1. The molecule has 0 aromatic heterocycles. The molecule has 1 aromatic rings. The second-order valence-corrected chi connectivity index (χ2v) is 7.52. The zero-order valence-electron chi connectivity index (χ0n) is 10.5. The zero-order valence-corrected chi connectivity index (χ0v) is 12.1. The van der Waals surface area contributed by atoms with E-state index in [1.807, 2.05) is 0 Å². The van der Waals surface area contributed by atoms with Crippen LogP contribution in [0, 0.1) is 23.7 Å². The number of halogens is 1. The molecule has 0 radical (unpaired) electrons. The van der Waals surface area contributed by atoms with Gasteiger partial charge >= 0.3 is 0 Å². The van der Waals surface area contributed by atoms with E-state index < -0.39 is 9.05 Å². The van der Waals surface area contributed by atoms with Crippen LogP contribution in [0.5, 0.6) is 5.75 Å². The summed E-state index contributed by atoms with van der Waals surface area (Å²) in [6, 6.07) is 6.85. The largest absolute Gasteiger partial charge is 0.493 e. The molecule has 0 bridgehead atoms. The minimum Gasteiger partial charge on any atom is -0.493 e. The highest BCUT2D eigenvalue weighted by molar-refractivity contribution is 8.13. The third-order valence-corrected chi connectivity index (χ3v) is 4.85. The quantitative estimate of drug-likeness (QED) is 0.784. The Morgan fingerprint density at radius 3 is 2.63 bits per heavy atom. The Morgan fingerprint density at radius 1 is 1.47 bits per heavy atom. The molecule has 0 N–H and O–H groups in total. The summed E-state index contributed by atoms with van der Waals surface area (Å²) in [5.74, 6) is 0.603.